The highest BCUT2D eigenvalue weighted by Gasteiger charge is 2.23. The number of urea groups is 1. The second-order valence-electron chi connectivity index (χ2n) is 8.34. The van der Waals surface area contributed by atoms with Crippen molar-refractivity contribution in [2.45, 2.75) is 70.0 Å². The predicted molar refractivity (Wildman–Crippen MR) is 119 cm³/mol. The normalized spacial score (nSPS) is 20.1. The van der Waals surface area contributed by atoms with Gasteiger partial charge in [0.25, 0.3) is 0 Å². The lowest BCUT2D eigenvalue weighted by atomic mass is 9.96. The Bertz CT molecular complexity index is 668. The zero-order valence-corrected chi connectivity index (χ0v) is 18.8. The van der Waals surface area contributed by atoms with Gasteiger partial charge >= 0.3 is 6.03 Å². The first kappa shape index (κ1) is 22.1. The van der Waals surface area contributed by atoms with E-state index in [1.54, 1.807) is 0 Å². The van der Waals surface area contributed by atoms with Gasteiger partial charge in [0.1, 0.15) is 0 Å². The molecule has 3 amide bonds. The summed E-state index contributed by atoms with van der Waals surface area (Å²) < 4.78 is 1.03. The first-order valence-electron chi connectivity index (χ1n) is 10.8. The summed E-state index contributed by atoms with van der Waals surface area (Å²) in [6, 6.07) is 8.49. The van der Waals surface area contributed by atoms with Crippen LogP contribution in [0, 0.1) is 0 Å². The van der Waals surface area contributed by atoms with Crippen LogP contribution in [0.2, 0.25) is 0 Å². The topological polar surface area (TPSA) is 73.5 Å². The molecular formula is C22H33BrN4O2. The highest BCUT2D eigenvalue weighted by Crippen LogP contribution is 2.18. The zero-order chi connectivity index (χ0) is 20.6. The number of benzene rings is 1. The number of halogens is 1. The molecule has 1 aliphatic heterocycles. The third-order valence-electron chi connectivity index (χ3n) is 5.98. The summed E-state index contributed by atoms with van der Waals surface area (Å²) in [5.41, 5.74) is 1.09. The van der Waals surface area contributed by atoms with E-state index >= 15 is 0 Å². The molecule has 1 heterocycles. The van der Waals surface area contributed by atoms with Crippen LogP contribution in [0.15, 0.2) is 28.7 Å². The molecule has 1 saturated carbocycles. The third-order valence-corrected chi connectivity index (χ3v) is 6.51. The molecule has 0 aromatic heterocycles. The number of nitrogens with one attached hydrogen (secondary N) is 3. The fourth-order valence-electron chi connectivity index (χ4n) is 4.22. The predicted octanol–water partition coefficient (Wildman–Crippen LogP) is 3.72. The van der Waals surface area contributed by atoms with E-state index in [0.29, 0.717) is 12.6 Å². The lowest BCUT2D eigenvalue weighted by Gasteiger charge is -2.32. The summed E-state index contributed by atoms with van der Waals surface area (Å²) in [5.74, 6) is 0.0434. The number of rotatable bonds is 6. The van der Waals surface area contributed by atoms with Gasteiger partial charge in [0.2, 0.25) is 5.91 Å². The molecule has 3 N–H and O–H groups in total. The Kier molecular flexibility index (Phi) is 8.36. The van der Waals surface area contributed by atoms with Gasteiger partial charge in [-0.1, -0.05) is 47.3 Å². The molecule has 1 aliphatic carbocycles. The maximum atomic E-state index is 12.4. The van der Waals surface area contributed by atoms with E-state index in [1.807, 2.05) is 31.2 Å². The largest absolute Gasteiger partial charge is 0.348 e. The minimum atomic E-state index is -0.0311. The highest BCUT2D eigenvalue weighted by molar-refractivity contribution is 9.10. The molecule has 2 fully saturated rings. The van der Waals surface area contributed by atoms with Crippen molar-refractivity contribution in [1.82, 2.24) is 20.9 Å². The van der Waals surface area contributed by atoms with Gasteiger partial charge in [-0.15, -0.1) is 0 Å². The quantitative estimate of drug-likeness (QED) is 0.600. The molecule has 0 spiro atoms. The summed E-state index contributed by atoms with van der Waals surface area (Å²) in [4.78, 5) is 26.8. The molecule has 0 bridgehead atoms. The first-order valence-corrected chi connectivity index (χ1v) is 11.6. The van der Waals surface area contributed by atoms with Crippen LogP contribution in [0.5, 0.6) is 0 Å². The summed E-state index contributed by atoms with van der Waals surface area (Å²) in [6.07, 6.45) is 7.67. The molecular weight excluding hydrogens is 432 g/mol. The number of hydrogen-bond donors (Lipinski definition) is 3. The number of piperidine rings is 1. The smallest absolute Gasteiger partial charge is 0.315 e. The number of hydrogen-bond acceptors (Lipinski definition) is 3. The van der Waals surface area contributed by atoms with Crippen LogP contribution in [-0.2, 0) is 4.79 Å². The number of amides is 3. The molecule has 1 atom stereocenters. The fraction of sp³-hybridized carbons (Fsp3) is 0.636. The van der Waals surface area contributed by atoms with Crippen LogP contribution in [-0.4, -0.2) is 48.6 Å². The van der Waals surface area contributed by atoms with Gasteiger partial charge in [0.15, 0.2) is 0 Å². The van der Waals surface area contributed by atoms with Gasteiger partial charge in [-0.3, -0.25) is 9.69 Å². The van der Waals surface area contributed by atoms with Crippen LogP contribution in [0.1, 0.15) is 63.5 Å². The van der Waals surface area contributed by atoms with Crippen LogP contribution < -0.4 is 16.0 Å². The van der Waals surface area contributed by atoms with E-state index in [1.165, 1.54) is 19.3 Å². The number of nitrogens with zero attached hydrogens (tertiary/aromatic N) is 1. The van der Waals surface area contributed by atoms with Crippen LogP contribution in [0.4, 0.5) is 4.79 Å². The molecule has 1 aromatic carbocycles. The van der Waals surface area contributed by atoms with Crippen molar-refractivity contribution in [1.29, 1.82) is 0 Å². The first-order chi connectivity index (χ1) is 14.0. The summed E-state index contributed by atoms with van der Waals surface area (Å²) in [6.45, 7) is 4.06. The fourth-order valence-corrected chi connectivity index (χ4v) is 4.48. The van der Waals surface area contributed by atoms with E-state index in [0.717, 1.165) is 48.8 Å². The van der Waals surface area contributed by atoms with E-state index < -0.39 is 0 Å². The van der Waals surface area contributed by atoms with Gasteiger partial charge in [-0.2, -0.15) is 0 Å². The van der Waals surface area contributed by atoms with E-state index in [9.17, 15) is 9.59 Å². The van der Waals surface area contributed by atoms with Crippen molar-refractivity contribution in [3.8, 4) is 0 Å². The molecule has 3 rings (SSSR count). The number of carbonyl (C=O) groups excluding carboxylic acids is 2. The summed E-state index contributed by atoms with van der Waals surface area (Å²) in [7, 11) is 0. The maximum absolute atomic E-state index is 12.4. The summed E-state index contributed by atoms with van der Waals surface area (Å²) >= 11 is 3.43. The maximum Gasteiger partial charge on any atom is 0.315 e. The molecule has 6 nitrogen and oxygen atoms in total. The van der Waals surface area contributed by atoms with Crippen molar-refractivity contribution in [3.63, 3.8) is 0 Å². The van der Waals surface area contributed by atoms with Crippen LogP contribution >= 0.6 is 15.9 Å². The summed E-state index contributed by atoms with van der Waals surface area (Å²) in [5, 5.41) is 9.31. The Hall–Kier alpha value is -1.60. The standard InChI is InChI=1S/C22H33BrN4O2/c1-16(17-7-9-18(23)10-8-17)24-21(28)15-27-13-11-20(12-14-27)26-22(29)25-19-5-3-2-4-6-19/h7-10,16,19-20H,2-6,11-15H2,1H3,(H,24,28)(H2,25,26,29). The Labute approximate surface area is 182 Å². The number of carbonyl (C=O) groups is 2. The number of likely N-dealkylation sites (tertiary alicyclic amines) is 1. The van der Waals surface area contributed by atoms with Gasteiger partial charge in [0, 0.05) is 29.6 Å². The van der Waals surface area contributed by atoms with Crippen molar-refractivity contribution in [3.05, 3.63) is 34.3 Å². The zero-order valence-electron chi connectivity index (χ0n) is 17.3. The van der Waals surface area contributed by atoms with Crippen LogP contribution in [0.3, 0.4) is 0 Å². The van der Waals surface area contributed by atoms with E-state index in [2.05, 4.69) is 36.8 Å². The molecule has 160 valence electrons. The second-order valence-corrected chi connectivity index (χ2v) is 9.26. The molecule has 7 heteroatoms. The Balaban J connectivity index is 1.34. The Morgan fingerprint density at radius 1 is 1.00 bits per heavy atom. The van der Waals surface area contributed by atoms with Crippen LogP contribution in [0.25, 0.3) is 0 Å². The van der Waals surface area contributed by atoms with Gasteiger partial charge in [0.05, 0.1) is 12.6 Å². The van der Waals surface area contributed by atoms with E-state index in [-0.39, 0.29) is 24.0 Å². The van der Waals surface area contributed by atoms with Crippen molar-refractivity contribution < 1.29 is 9.59 Å². The third kappa shape index (κ3) is 7.30. The average molecular weight is 465 g/mol. The monoisotopic (exact) mass is 464 g/mol. The lowest BCUT2D eigenvalue weighted by Crippen LogP contribution is -2.51. The molecule has 29 heavy (non-hydrogen) atoms. The molecule has 1 saturated heterocycles. The van der Waals surface area contributed by atoms with E-state index in [4.69, 9.17) is 0 Å². The lowest BCUT2D eigenvalue weighted by molar-refractivity contribution is -0.123. The minimum absolute atomic E-state index is 0.0155. The highest BCUT2D eigenvalue weighted by atomic mass is 79.9. The minimum Gasteiger partial charge on any atom is -0.348 e. The SMILES string of the molecule is CC(NC(=O)CN1CCC(NC(=O)NC2CCCCC2)CC1)c1ccc(Br)cc1. The molecule has 2 aliphatic rings. The van der Waals surface area contributed by atoms with Gasteiger partial charge < -0.3 is 16.0 Å². The Morgan fingerprint density at radius 3 is 2.21 bits per heavy atom. The van der Waals surface area contributed by atoms with Gasteiger partial charge in [-0.25, -0.2) is 4.79 Å². The van der Waals surface area contributed by atoms with Crippen molar-refractivity contribution >= 4 is 27.9 Å². The second kappa shape index (κ2) is 11.0. The van der Waals surface area contributed by atoms with Crippen molar-refractivity contribution in [2.24, 2.45) is 0 Å². The molecule has 1 aromatic rings. The molecule has 1 unspecified atom stereocenters. The Morgan fingerprint density at radius 2 is 1.59 bits per heavy atom. The van der Waals surface area contributed by atoms with Gasteiger partial charge in [-0.05, 0) is 50.3 Å². The van der Waals surface area contributed by atoms with Crippen molar-refractivity contribution in [2.75, 3.05) is 19.6 Å². The average Bonchev–Trinajstić information content (AvgIpc) is 2.70. The molecule has 0 radical (unpaired) electrons.